The summed E-state index contributed by atoms with van der Waals surface area (Å²) in [6.45, 7) is 0. The lowest BCUT2D eigenvalue weighted by Crippen LogP contribution is -3.00. The largest absolute Gasteiger partial charge is 1.00 e. The van der Waals surface area contributed by atoms with E-state index in [0.29, 0.717) is 0 Å². The van der Waals surface area contributed by atoms with E-state index in [2.05, 4.69) is 33.8 Å². The minimum Gasteiger partial charge on any atom is -1.00 e. The Kier molecular flexibility index (Phi) is 3.69. The van der Waals surface area contributed by atoms with Crippen LogP contribution in [0.25, 0.3) is 26.4 Å². The average molecular weight is 360 g/mol. The molecule has 2 aromatic heterocycles. The normalized spacial score (nSPS) is 10.7. The fraction of sp³-hybridized carbons (Fsp3) is 0.0625. The fourth-order valence-electron chi connectivity index (χ4n) is 2.35. The Morgan fingerprint density at radius 3 is 2.57 bits per heavy atom. The standard InChI is InChI=1S/C16H12N2OS.BrH/c1-19-12-8-6-11(7-9-12)15-10-18-14-5-3-2-4-13(14)17-16(18)20-15;/h2-10H,1H3;1H/p-1. The van der Waals surface area contributed by atoms with Crippen LogP contribution in [0.3, 0.4) is 0 Å². The van der Waals surface area contributed by atoms with Crippen LogP contribution in [0.2, 0.25) is 0 Å². The van der Waals surface area contributed by atoms with E-state index in [-0.39, 0.29) is 17.0 Å². The van der Waals surface area contributed by atoms with Crippen molar-refractivity contribution < 1.29 is 21.7 Å². The molecule has 0 unspecified atom stereocenters. The predicted octanol–water partition coefficient (Wildman–Crippen LogP) is 1.23. The molecule has 21 heavy (non-hydrogen) atoms. The molecule has 0 N–H and O–H groups in total. The monoisotopic (exact) mass is 359 g/mol. The van der Waals surface area contributed by atoms with E-state index >= 15 is 0 Å². The lowest BCUT2D eigenvalue weighted by molar-refractivity contribution is -0.00000419. The smallest absolute Gasteiger partial charge is 0.195 e. The first kappa shape index (κ1) is 14.1. The van der Waals surface area contributed by atoms with Gasteiger partial charge in [-0.3, -0.25) is 4.40 Å². The molecular formula is C16H12BrN2OS-. The number of hydrogen-bond acceptors (Lipinski definition) is 3. The number of fused-ring (bicyclic) bond motifs is 3. The molecule has 106 valence electrons. The lowest BCUT2D eigenvalue weighted by atomic mass is 10.2. The van der Waals surface area contributed by atoms with Crippen molar-refractivity contribution in [3.8, 4) is 16.2 Å². The van der Waals surface area contributed by atoms with Gasteiger partial charge in [-0.2, -0.15) is 0 Å². The van der Waals surface area contributed by atoms with Crippen LogP contribution in [0, 0.1) is 0 Å². The molecule has 2 aromatic carbocycles. The molecule has 0 aliphatic rings. The predicted molar refractivity (Wildman–Crippen MR) is 82.6 cm³/mol. The van der Waals surface area contributed by atoms with Crippen LogP contribution in [0.15, 0.2) is 54.7 Å². The summed E-state index contributed by atoms with van der Waals surface area (Å²) >= 11 is 1.70. The maximum absolute atomic E-state index is 5.19. The van der Waals surface area contributed by atoms with Crippen molar-refractivity contribution in [2.75, 3.05) is 7.11 Å². The van der Waals surface area contributed by atoms with Gasteiger partial charge in [-0.15, -0.1) is 0 Å². The number of ether oxygens (including phenoxy) is 1. The van der Waals surface area contributed by atoms with E-state index in [9.17, 15) is 0 Å². The molecule has 2 heterocycles. The van der Waals surface area contributed by atoms with Crippen molar-refractivity contribution in [2.24, 2.45) is 0 Å². The summed E-state index contributed by atoms with van der Waals surface area (Å²) in [6.07, 6.45) is 2.15. The third kappa shape index (κ3) is 2.32. The fourth-order valence-corrected chi connectivity index (χ4v) is 3.35. The van der Waals surface area contributed by atoms with E-state index in [1.807, 2.05) is 30.3 Å². The Hall–Kier alpha value is -1.85. The van der Waals surface area contributed by atoms with Crippen LogP contribution < -0.4 is 21.7 Å². The van der Waals surface area contributed by atoms with Gasteiger partial charge < -0.3 is 21.7 Å². The van der Waals surface area contributed by atoms with Crippen molar-refractivity contribution >= 4 is 27.3 Å². The number of hydrogen-bond donors (Lipinski definition) is 0. The van der Waals surface area contributed by atoms with Gasteiger partial charge in [0.25, 0.3) is 0 Å². The van der Waals surface area contributed by atoms with Gasteiger partial charge in [-0.25, -0.2) is 4.98 Å². The van der Waals surface area contributed by atoms with Crippen LogP contribution in [-0.2, 0) is 0 Å². The molecule has 0 spiro atoms. The van der Waals surface area contributed by atoms with Crippen molar-refractivity contribution in [1.82, 2.24) is 9.38 Å². The Morgan fingerprint density at radius 1 is 1.05 bits per heavy atom. The van der Waals surface area contributed by atoms with Crippen LogP contribution >= 0.6 is 11.3 Å². The van der Waals surface area contributed by atoms with Gasteiger partial charge in [0, 0.05) is 6.20 Å². The molecule has 4 rings (SSSR count). The van der Waals surface area contributed by atoms with E-state index in [0.717, 1.165) is 21.7 Å². The Bertz CT molecular complexity index is 896. The molecule has 5 heteroatoms. The second-order valence-electron chi connectivity index (χ2n) is 4.58. The Morgan fingerprint density at radius 2 is 1.81 bits per heavy atom. The van der Waals surface area contributed by atoms with Crippen molar-refractivity contribution in [2.45, 2.75) is 0 Å². The van der Waals surface area contributed by atoms with Gasteiger partial charge in [0.15, 0.2) is 4.96 Å². The summed E-state index contributed by atoms with van der Waals surface area (Å²) in [5, 5.41) is 0. The average Bonchev–Trinajstić information content (AvgIpc) is 3.05. The summed E-state index contributed by atoms with van der Waals surface area (Å²) in [7, 11) is 1.68. The zero-order chi connectivity index (χ0) is 13.5. The molecule has 0 atom stereocenters. The van der Waals surface area contributed by atoms with Crippen molar-refractivity contribution in [3.63, 3.8) is 0 Å². The van der Waals surface area contributed by atoms with E-state index in [1.165, 1.54) is 10.4 Å². The molecule has 0 saturated carbocycles. The minimum atomic E-state index is 0. The SMILES string of the molecule is COc1ccc(-c2cn3c(nc4ccccc43)s2)cc1.[Br-]. The van der Waals surface area contributed by atoms with Crippen LogP contribution in [-0.4, -0.2) is 16.5 Å². The van der Waals surface area contributed by atoms with Crippen molar-refractivity contribution in [3.05, 3.63) is 54.7 Å². The van der Waals surface area contributed by atoms with E-state index in [1.54, 1.807) is 18.4 Å². The lowest BCUT2D eigenvalue weighted by Gasteiger charge is -2.00. The zero-order valence-electron chi connectivity index (χ0n) is 11.3. The van der Waals surface area contributed by atoms with E-state index < -0.39 is 0 Å². The molecule has 0 bridgehead atoms. The van der Waals surface area contributed by atoms with Gasteiger partial charge in [0.05, 0.1) is 23.0 Å². The second-order valence-corrected chi connectivity index (χ2v) is 5.59. The minimum absolute atomic E-state index is 0. The third-order valence-electron chi connectivity index (χ3n) is 3.39. The van der Waals surface area contributed by atoms with E-state index in [4.69, 9.17) is 4.74 Å². The highest BCUT2D eigenvalue weighted by Gasteiger charge is 2.09. The number of nitrogens with zero attached hydrogens (tertiary/aromatic N) is 2. The first-order chi connectivity index (χ1) is 9.85. The zero-order valence-corrected chi connectivity index (χ0v) is 13.7. The maximum atomic E-state index is 5.19. The highest BCUT2D eigenvalue weighted by molar-refractivity contribution is 7.20. The molecule has 4 aromatic rings. The molecule has 0 fully saturated rings. The molecule has 3 nitrogen and oxygen atoms in total. The number of thiazole rings is 1. The Labute approximate surface area is 136 Å². The van der Waals surface area contributed by atoms with Gasteiger partial charge >= 0.3 is 0 Å². The summed E-state index contributed by atoms with van der Waals surface area (Å²) in [4.78, 5) is 6.89. The van der Waals surface area contributed by atoms with Gasteiger partial charge in [0.1, 0.15) is 5.75 Å². The van der Waals surface area contributed by atoms with Gasteiger partial charge in [0.2, 0.25) is 0 Å². The molecule has 0 saturated heterocycles. The highest BCUT2D eigenvalue weighted by Crippen LogP contribution is 2.31. The molecule has 0 radical (unpaired) electrons. The number of imidazole rings is 1. The van der Waals surface area contributed by atoms with Crippen LogP contribution in [0.5, 0.6) is 5.75 Å². The second kappa shape index (κ2) is 5.50. The maximum Gasteiger partial charge on any atom is 0.195 e. The number of para-hydroxylation sites is 2. The van der Waals surface area contributed by atoms with Gasteiger partial charge in [-0.1, -0.05) is 23.5 Å². The van der Waals surface area contributed by atoms with Gasteiger partial charge in [-0.05, 0) is 42.0 Å². The number of benzene rings is 2. The Balaban J connectivity index is 0.00000132. The quantitative estimate of drug-likeness (QED) is 0.538. The number of methoxy groups -OCH3 is 1. The van der Waals surface area contributed by atoms with Crippen LogP contribution in [0.1, 0.15) is 0 Å². The first-order valence-electron chi connectivity index (χ1n) is 6.36. The van der Waals surface area contributed by atoms with Crippen LogP contribution in [0.4, 0.5) is 0 Å². The third-order valence-corrected chi connectivity index (χ3v) is 4.42. The summed E-state index contributed by atoms with van der Waals surface area (Å²) in [5.74, 6) is 0.875. The molecule has 0 amide bonds. The topological polar surface area (TPSA) is 26.5 Å². The molecule has 0 aliphatic carbocycles. The number of halogens is 1. The molecular weight excluding hydrogens is 348 g/mol. The molecule has 0 aliphatic heterocycles. The first-order valence-corrected chi connectivity index (χ1v) is 7.18. The summed E-state index contributed by atoms with van der Waals surface area (Å²) in [5.41, 5.74) is 3.38. The van der Waals surface area contributed by atoms with Crippen molar-refractivity contribution in [1.29, 1.82) is 0 Å². The highest BCUT2D eigenvalue weighted by atomic mass is 79.9. The summed E-state index contributed by atoms with van der Waals surface area (Å²) < 4.78 is 7.34. The number of aromatic nitrogens is 2. The number of rotatable bonds is 2. The summed E-state index contributed by atoms with van der Waals surface area (Å²) in [6, 6.07) is 16.3.